The van der Waals surface area contributed by atoms with Gasteiger partial charge in [0.25, 0.3) is 5.91 Å². The second kappa shape index (κ2) is 7.53. The average molecular weight is 382 g/mol. The summed E-state index contributed by atoms with van der Waals surface area (Å²) >= 11 is 0. The van der Waals surface area contributed by atoms with E-state index < -0.39 is 5.82 Å². The molecule has 3 aliphatic heterocycles. The molecule has 2 amide bonds. The van der Waals surface area contributed by atoms with Gasteiger partial charge in [-0.1, -0.05) is 0 Å². The van der Waals surface area contributed by atoms with E-state index >= 15 is 0 Å². The van der Waals surface area contributed by atoms with Crippen molar-refractivity contribution in [3.8, 4) is 0 Å². The SMILES string of the molecule is CN(C(=O)c1cc(N2CCCC2=O)ccc1F)C1CC2CCC(C1)N2.Cl. The molecule has 26 heavy (non-hydrogen) atoms. The van der Waals surface area contributed by atoms with Crippen LogP contribution in [0.5, 0.6) is 0 Å². The first kappa shape index (κ1) is 19.1. The number of hydrogen-bond acceptors (Lipinski definition) is 3. The maximum absolute atomic E-state index is 14.3. The van der Waals surface area contributed by atoms with E-state index in [0.29, 0.717) is 30.7 Å². The zero-order valence-corrected chi connectivity index (χ0v) is 15.7. The second-order valence-corrected chi connectivity index (χ2v) is 7.49. The van der Waals surface area contributed by atoms with Gasteiger partial charge in [0.05, 0.1) is 5.56 Å². The van der Waals surface area contributed by atoms with E-state index in [2.05, 4.69) is 5.32 Å². The maximum atomic E-state index is 14.3. The maximum Gasteiger partial charge on any atom is 0.256 e. The van der Waals surface area contributed by atoms with Gasteiger partial charge in [0.15, 0.2) is 0 Å². The third kappa shape index (κ3) is 3.45. The second-order valence-electron chi connectivity index (χ2n) is 7.49. The number of amides is 2. The summed E-state index contributed by atoms with van der Waals surface area (Å²) in [4.78, 5) is 28.2. The minimum atomic E-state index is -0.524. The van der Waals surface area contributed by atoms with Gasteiger partial charge in [-0.3, -0.25) is 9.59 Å². The summed E-state index contributed by atoms with van der Waals surface area (Å²) in [7, 11) is 1.77. The molecular formula is C19H25ClFN3O2. The smallest absolute Gasteiger partial charge is 0.256 e. The Morgan fingerprint density at radius 3 is 2.58 bits per heavy atom. The molecule has 0 aromatic heterocycles. The molecule has 4 rings (SSSR count). The molecule has 3 aliphatic rings. The highest BCUT2D eigenvalue weighted by molar-refractivity contribution is 5.99. The Hall–Kier alpha value is -1.66. The molecule has 2 atom stereocenters. The Kier molecular flexibility index (Phi) is 5.53. The van der Waals surface area contributed by atoms with Crippen LogP contribution in [0.1, 0.15) is 48.9 Å². The monoisotopic (exact) mass is 381 g/mol. The first-order valence-corrected chi connectivity index (χ1v) is 9.16. The fourth-order valence-corrected chi connectivity index (χ4v) is 4.47. The number of carbonyl (C=O) groups excluding carboxylic acids is 2. The predicted molar refractivity (Wildman–Crippen MR) is 100 cm³/mol. The van der Waals surface area contributed by atoms with Crippen LogP contribution in [0.15, 0.2) is 18.2 Å². The molecule has 3 fully saturated rings. The van der Waals surface area contributed by atoms with Gasteiger partial charge in [0.2, 0.25) is 5.91 Å². The number of anilines is 1. The lowest BCUT2D eigenvalue weighted by Crippen LogP contribution is -2.48. The lowest BCUT2D eigenvalue weighted by Gasteiger charge is -2.35. The van der Waals surface area contributed by atoms with Crippen molar-refractivity contribution < 1.29 is 14.0 Å². The Morgan fingerprint density at radius 2 is 1.96 bits per heavy atom. The van der Waals surface area contributed by atoms with Crippen LogP contribution in [0, 0.1) is 5.82 Å². The molecule has 3 saturated heterocycles. The Labute approximate surface area is 159 Å². The lowest BCUT2D eigenvalue weighted by atomic mass is 9.98. The summed E-state index contributed by atoms with van der Waals surface area (Å²) in [5.41, 5.74) is 0.677. The summed E-state index contributed by atoms with van der Waals surface area (Å²) in [6.45, 7) is 0.631. The summed E-state index contributed by atoms with van der Waals surface area (Å²) in [6.07, 6.45) is 5.47. The highest BCUT2D eigenvalue weighted by atomic mass is 35.5. The summed E-state index contributed by atoms with van der Waals surface area (Å²) in [5.74, 6) is -0.783. The number of carbonyl (C=O) groups is 2. The third-order valence-corrected chi connectivity index (χ3v) is 5.88. The number of fused-ring (bicyclic) bond motifs is 2. The zero-order chi connectivity index (χ0) is 17.6. The van der Waals surface area contributed by atoms with Crippen LogP contribution < -0.4 is 10.2 Å². The van der Waals surface area contributed by atoms with Crippen LogP contribution in [0.4, 0.5) is 10.1 Å². The number of nitrogens with one attached hydrogen (secondary N) is 1. The van der Waals surface area contributed by atoms with Crippen molar-refractivity contribution in [2.75, 3.05) is 18.5 Å². The quantitative estimate of drug-likeness (QED) is 0.875. The topological polar surface area (TPSA) is 52.7 Å². The van der Waals surface area contributed by atoms with E-state index in [9.17, 15) is 14.0 Å². The molecule has 2 bridgehead atoms. The average Bonchev–Trinajstić information content (AvgIpc) is 3.19. The normalized spacial score (nSPS) is 27.4. The van der Waals surface area contributed by atoms with Gasteiger partial charge in [-0.25, -0.2) is 4.39 Å². The molecule has 1 aromatic carbocycles. The van der Waals surface area contributed by atoms with E-state index in [4.69, 9.17) is 0 Å². The van der Waals surface area contributed by atoms with Crippen LogP contribution in [0.2, 0.25) is 0 Å². The van der Waals surface area contributed by atoms with Crippen LogP contribution >= 0.6 is 12.4 Å². The van der Waals surface area contributed by atoms with Gasteiger partial charge in [-0.05, 0) is 50.3 Å². The molecule has 2 unspecified atom stereocenters. The fourth-order valence-electron chi connectivity index (χ4n) is 4.47. The highest BCUT2D eigenvalue weighted by Crippen LogP contribution is 2.31. The van der Waals surface area contributed by atoms with Crippen LogP contribution in [0.25, 0.3) is 0 Å². The number of rotatable bonds is 3. The first-order valence-electron chi connectivity index (χ1n) is 9.16. The van der Waals surface area contributed by atoms with E-state index in [1.54, 1.807) is 22.9 Å². The Balaban J connectivity index is 0.00000196. The van der Waals surface area contributed by atoms with Gasteiger partial charge < -0.3 is 15.1 Å². The molecular weight excluding hydrogens is 357 g/mol. The van der Waals surface area contributed by atoms with E-state index in [-0.39, 0.29) is 35.8 Å². The molecule has 5 nitrogen and oxygen atoms in total. The van der Waals surface area contributed by atoms with Crippen molar-refractivity contribution in [2.24, 2.45) is 0 Å². The van der Waals surface area contributed by atoms with Gasteiger partial charge in [-0.15, -0.1) is 12.4 Å². The minimum absolute atomic E-state index is 0. The Morgan fingerprint density at radius 1 is 1.27 bits per heavy atom. The summed E-state index contributed by atoms with van der Waals surface area (Å²) in [5, 5.41) is 3.56. The van der Waals surface area contributed by atoms with Gasteiger partial charge >= 0.3 is 0 Å². The van der Waals surface area contributed by atoms with Crippen molar-refractivity contribution in [2.45, 2.75) is 56.7 Å². The minimum Gasteiger partial charge on any atom is -0.339 e. The van der Waals surface area contributed by atoms with E-state index in [0.717, 1.165) is 32.1 Å². The first-order chi connectivity index (χ1) is 12.0. The van der Waals surface area contributed by atoms with Gasteiger partial charge in [-0.2, -0.15) is 0 Å². The van der Waals surface area contributed by atoms with Crippen molar-refractivity contribution >= 4 is 29.9 Å². The van der Waals surface area contributed by atoms with E-state index in [1.807, 2.05) is 0 Å². The van der Waals surface area contributed by atoms with Crippen molar-refractivity contribution in [3.63, 3.8) is 0 Å². The zero-order valence-electron chi connectivity index (χ0n) is 14.9. The molecule has 0 spiro atoms. The molecule has 3 heterocycles. The number of nitrogens with zero attached hydrogens (tertiary/aromatic N) is 2. The standard InChI is InChI=1S/C19H24FN3O2.ClH/c1-22(15-9-12-4-5-13(10-15)21-12)19(25)16-11-14(6-7-17(16)20)23-8-2-3-18(23)24;/h6-7,11-13,15,21H,2-5,8-10H2,1H3;1H. The number of benzene rings is 1. The van der Waals surface area contributed by atoms with Crippen molar-refractivity contribution in [3.05, 3.63) is 29.6 Å². The molecule has 0 radical (unpaired) electrons. The fraction of sp³-hybridized carbons (Fsp3) is 0.579. The predicted octanol–water partition coefficient (Wildman–Crippen LogP) is 2.73. The highest BCUT2D eigenvalue weighted by Gasteiger charge is 2.37. The molecule has 1 aromatic rings. The number of hydrogen-bond donors (Lipinski definition) is 1. The summed E-state index contributed by atoms with van der Waals surface area (Å²) < 4.78 is 14.3. The molecule has 142 valence electrons. The van der Waals surface area contributed by atoms with Gasteiger partial charge in [0, 0.05) is 43.8 Å². The van der Waals surface area contributed by atoms with Gasteiger partial charge in [0.1, 0.15) is 5.82 Å². The number of halogens is 2. The van der Waals surface area contributed by atoms with Crippen molar-refractivity contribution in [1.29, 1.82) is 0 Å². The third-order valence-electron chi connectivity index (χ3n) is 5.88. The summed E-state index contributed by atoms with van der Waals surface area (Å²) in [6, 6.07) is 5.50. The molecule has 0 saturated carbocycles. The van der Waals surface area contributed by atoms with Crippen molar-refractivity contribution in [1.82, 2.24) is 10.2 Å². The molecule has 0 aliphatic carbocycles. The Bertz CT molecular complexity index is 702. The molecule has 7 heteroatoms. The van der Waals surface area contributed by atoms with E-state index in [1.165, 1.54) is 12.1 Å². The van der Waals surface area contributed by atoms with Crippen LogP contribution in [-0.2, 0) is 4.79 Å². The molecule has 1 N–H and O–H groups in total. The van der Waals surface area contributed by atoms with Crippen LogP contribution in [0.3, 0.4) is 0 Å². The largest absolute Gasteiger partial charge is 0.339 e. The van der Waals surface area contributed by atoms with Crippen LogP contribution in [-0.4, -0.2) is 48.4 Å². The number of piperidine rings is 1. The lowest BCUT2D eigenvalue weighted by molar-refractivity contribution is -0.117.